The van der Waals surface area contributed by atoms with E-state index < -0.39 is 0 Å². The smallest absolute Gasteiger partial charge is 0.0218 e. The third kappa shape index (κ3) is 3.40. The molecule has 0 saturated carbocycles. The Balaban J connectivity index is 2.31. The van der Waals surface area contributed by atoms with Gasteiger partial charge in [0.05, 0.1) is 0 Å². The lowest BCUT2D eigenvalue weighted by atomic mass is 10.1. The monoisotopic (exact) mass is 197 g/mol. The van der Waals surface area contributed by atoms with Crippen LogP contribution in [0.1, 0.15) is 13.3 Å². The fraction of sp³-hybridized carbons (Fsp3) is 0.818. The molecule has 1 fully saturated rings. The van der Waals surface area contributed by atoms with Crippen molar-refractivity contribution in [2.24, 2.45) is 5.73 Å². The first-order valence-electron chi connectivity index (χ1n) is 5.55. The van der Waals surface area contributed by atoms with Crippen molar-refractivity contribution in [1.82, 2.24) is 9.80 Å². The van der Waals surface area contributed by atoms with E-state index in [9.17, 15) is 0 Å². The van der Waals surface area contributed by atoms with Crippen LogP contribution in [0.25, 0.3) is 0 Å². The highest BCUT2D eigenvalue weighted by Gasteiger charge is 2.21. The molecule has 1 heterocycles. The van der Waals surface area contributed by atoms with Gasteiger partial charge in [-0.25, -0.2) is 0 Å². The van der Waals surface area contributed by atoms with Gasteiger partial charge in [0.1, 0.15) is 0 Å². The number of nitrogens with two attached hydrogens (primary N) is 1. The Kier molecular flexibility index (Phi) is 5.15. The fourth-order valence-corrected chi connectivity index (χ4v) is 1.94. The molecule has 1 rings (SSSR count). The molecule has 14 heavy (non-hydrogen) atoms. The summed E-state index contributed by atoms with van der Waals surface area (Å²) >= 11 is 0. The minimum atomic E-state index is 0.658. The first kappa shape index (κ1) is 11.7. The summed E-state index contributed by atoms with van der Waals surface area (Å²) in [5.74, 6) is 0. The summed E-state index contributed by atoms with van der Waals surface area (Å²) in [6.45, 7) is 7.55. The van der Waals surface area contributed by atoms with E-state index in [0.29, 0.717) is 6.54 Å². The molecule has 1 unspecified atom stereocenters. The summed E-state index contributed by atoms with van der Waals surface area (Å²) in [4.78, 5) is 4.96. The normalized spacial score (nSPS) is 26.1. The van der Waals surface area contributed by atoms with Gasteiger partial charge in [0.2, 0.25) is 0 Å². The molecule has 0 aliphatic carbocycles. The molecule has 82 valence electrons. The Hall–Kier alpha value is -0.380. The van der Waals surface area contributed by atoms with Gasteiger partial charge in [-0.2, -0.15) is 0 Å². The van der Waals surface area contributed by atoms with Gasteiger partial charge in [-0.1, -0.05) is 19.1 Å². The summed E-state index contributed by atoms with van der Waals surface area (Å²) in [5, 5.41) is 0. The zero-order valence-corrected chi connectivity index (χ0v) is 9.45. The van der Waals surface area contributed by atoms with E-state index in [1.165, 1.54) is 26.1 Å². The third-order valence-corrected chi connectivity index (χ3v) is 3.00. The van der Waals surface area contributed by atoms with Gasteiger partial charge in [-0.15, -0.1) is 0 Å². The number of piperazine rings is 1. The molecule has 3 nitrogen and oxygen atoms in total. The summed E-state index contributed by atoms with van der Waals surface area (Å²) in [6, 6.07) is 0.732. The van der Waals surface area contributed by atoms with Crippen LogP contribution in [0.4, 0.5) is 0 Å². The van der Waals surface area contributed by atoms with E-state index in [1.54, 1.807) is 0 Å². The quantitative estimate of drug-likeness (QED) is 0.667. The van der Waals surface area contributed by atoms with Crippen LogP contribution in [0.5, 0.6) is 0 Å². The van der Waals surface area contributed by atoms with Crippen LogP contribution in [0, 0.1) is 0 Å². The van der Waals surface area contributed by atoms with Crippen LogP contribution in [0.2, 0.25) is 0 Å². The molecular formula is C11H23N3. The lowest BCUT2D eigenvalue weighted by Gasteiger charge is -2.38. The van der Waals surface area contributed by atoms with Gasteiger partial charge >= 0.3 is 0 Å². The summed E-state index contributed by atoms with van der Waals surface area (Å²) in [6.07, 6.45) is 5.46. The first-order chi connectivity index (χ1) is 6.77. The zero-order valence-electron chi connectivity index (χ0n) is 9.45. The first-order valence-corrected chi connectivity index (χ1v) is 5.55. The van der Waals surface area contributed by atoms with E-state index in [2.05, 4.69) is 29.8 Å². The van der Waals surface area contributed by atoms with Crippen LogP contribution in [0.15, 0.2) is 12.2 Å². The Morgan fingerprint density at radius 1 is 1.36 bits per heavy atom. The molecule has 0 aromatic heterocycles. The molecule has 1 aliphatic heterocycles. The molecule has 0 radical (unpaired) electrons. The molecule has 0 amide bonds. The number of hydrogen-bond acceptors (Lipinski definition) is 3. The average molecular weight is 197 g/mol. The average Bonchev–Trinajstić information content (AvgIpc) is 2.21. The number of likely N-dealkylation sites (N-methyl/N-ethyl adjacent to an activating group) is 1. The molecule has 1 saturated heterocycles. The second kappa shape index (κ2) is 6.17. The predicted molar refractivity (Wildman–Crippen MR) is 61.3 cm³/mol. The van der Waals surface area contributed by atoms with Gasteiger partial charge in [-0.3, -0.25) is 4.90 Å². The van der Waals surface area contributed by atoms with Crippen LogP contribution in [-0.4, -0.2) is 55.6 Å². The molecule has 1 atom stereocenters. The van der Waals surface area contributed by atoms with Crippen molar-refractivity contribution in [3.05, 3.63) is 12.2 Å². The van der Waals surface area contributed by atoms with E-state index in [4.69, 9.17) is 5.73 Å². The largest absolute Gasteiger partial charge is 0.327 e. The Morgan fingerprint density at radius 3 is 2.79 bits per heavy atom. The number of rotatable bonds is 4. The van der Waals surface area contributed by atoms with Crippen LogP contribution in [-0.2, 0) is 0 Å². The second-order valence-electron chi connectivity index (χ2n) is 4.01. The van der Waals surface area contributed by atoms with E-state index >= 15 is 0 Å². The fourth-order valence-electron chi connectivity index (χ4n) is 1.94. The second-order valence-corrected chi connectivity index (χ2v) is 4.01. The van der Waals surface area contributed by atoms with Crippen molar-refractivity contribution < 1.29 is 0 Å². The van der Waals surface area contributed by atoms with Crippen molar-refractivity contribution in [3.63, 3.8) is 0 Å². The molecule has 0 spiro atoms. The molecule has 2 N–H and O–H groups in total. The van der Waals surface area contributed by atoms with Gasteiger partial charge in [0.15, 0.2) is 0 Å². The molecule has 0 aromatic carbocycles. The van der Waals surface area contributed by atoms with Crippen LogP contribution >= 0.6 is 0 Å². The Labute approximate surface area is 87.6 Å². The van der Waals surface area contributed by atoms with Gasteiger partial charge < -0.3 is 10.6 Å². The van der Waals surface area contributed by atoms with E-state index in [-0.39, 0.29) is 0 Å². The zero-order chi connectivity index (χ0) is 10.4. The Morgan fingerprint density at radius 2 is 2.14 bits per heavy atom. The minimum Gasteiger partial charge on any atom is -0.327 e. The highest BCUT2D eigenvalue weighted by molar-refractivity contribution is 4.88. The topological polar surface area (TPSA) is 32.5 Å². The maximum atomic E-state index is 5.41. The Bertz CT molecular complexity index is 179. The predicted octanol–water partition coefficient (Wildman–Crippen LogP) is 0.527. The maximum absolute atomic E-state index is 5.41. The lowest BCUT2D eigenvalue weighted by Crippen LogP contribution is -2.51. The van der Waals surface area contributed by atoms with Crippen molar-refractivity contribution in [1.29, 1.82) is 0 Å². The molecule has 1 aliphatic rings. The molecule has 3 heteroatoms. The molecule has 0 bridgehead atoms. The van der Waals surface area contributed by atoms with Crippen molar-refractivity contribution in [2.75, 3.05) is 39.8 Å². The van der Waals surface area contributed by atoms with Gasteiger partial charge in [-0.05, 0) is 13.5 Å². The maximum Gasteiger partial charge on any atom is 0.0218 e. The van der Waals surface area contributed by atoms with Crippen molar-refractivity contribution in [2.45, 2.75) is 19.4 Å². The van der Waals surface area contributed by atoms with Crippen molar-refractivity contribution >= 4 is 0 Å². The summed E-state index contributed by atoms with van der Waals surface area (Å²) < 4.78 is 0. The van der Waals surface area contributed by atoms with Gasteiger partial charge in [0, 0.05) is 38.8 Å². The van der Waals surface area contributed by atoms with E-state index in [1.807, 2.05) is 6.08 Å². The van der Waals surface area contributed by atoms with Crippen LogP contribution in [0.3, 0.4) is 0 Å². The van der Waals surface area contributed by atoms with Crippen molar-refractivity contribution in [3.8, 4) is 0 Å². The van der Waals surface area contributed by atoms with Gasteiger partial charge in [0.25, 0.3) is 0 Å². The minimum absolute atomic E-state index is 0.658. The molecule has 0 aromatic rings. The SMILES string of the molecule is CCC1CN(CC=CCN)CCN1C. The standard InChI is InChI=1S/C11H23N3/c1-3-11-10-14(7-5-4-6-12)9-8-13(11)2/h4-5,11H,3,6-10,12H2,1-2H3. The number of nitrogens with zero attached hydrogens (tertiary/aromatic N) is 2. The summed E-state index contributed by atoms with van der Waals surface area (Å²) in [5.41, 5.74) is 5.41. The molecular weight excluding hydrogens is 174 g/mol. The summed E-state index contributed by atoms with van der Waals surface area (Å²) in [7, 11) is 2.22. The highest BCUT2D eigenvalue weighted by Crippen LogP contribution is 2.09. The highest BCUT2D eigenvalue weighted by atomic mass is 15.3. The number of hydrogen-bond donors (Lipinski definition) is 1. The third-order valence-electron chi connectivity index (χ3n) is 3.00. The van der Waals surface area contributed by atoms with E-state index in [0.717, 1.165) is 12.6 Å². The lowest BCUT2D eigenvalue weighted by molar-refractivity contribution is 0.102. The van der Waals surface area contributed by atoms with Crippen LogP contribution < -0.4 is 5.73 Å².